The summed E-state index contributed by atoms with van der Waals surface area (Å²) < 4.78 is 82.2. The Labute approximate surface area is 337 Å². The first kappa shape index (κ1) is 41.2. The zero-order valence-corrected chi connectivity index (χ0v) is 33.1. The van der Waals surface area contributed by atoms with Crippen molar-refractivity contribution in [3.63, 3.8) is 0 Å². The Bertz CT molecular complexity index is 2380. The molecule has 0 aliphatic carbocycles. The number of nitrogens with zero attached hydrogens (tertiary/aromatic N) is 8. The third-order valence-corrected chi connectivity index (χ3v) is 11.9. The molecule has 21 heteroatoms. The standard InChI is InChI=1S/C38H41F4N11O5S/c1-50(20-22-16-26-27(29(39)17-22)21-53(36(26)56)31-8-9-32(54)48-35(31)55)24-10-14-52(15-11-24)25-6-4-23(5-7-25)47-37-46-18-28(38(40,41)42)33(49-37)45-19-30-34(44-13-12-43-30)51(2)59(3,57)58/h4-7,12-13,16-18,24,31H,8-11,14-15,19-21H2,1-3H3,(H,48,54,55)(H2,45,46,47,49). The fourth-order valence-electron chi connectivity index (χ4n) is 7.49. The molecule has 2 saturated heterocycles. The van der Waals surface area contributed by atoms with Crippen molar-refractivity contribution in [3.05, 3.63) is 88.8 Å². The highest BCUT2D eigenvalue weighted by Gasteiger charge is 2.41. The minimum atomic E-state index is -4.79. The lowest BCUT2D eigenvalue weighted by Gasteiger charge is -2.38. The van der Waals surface area contributed by atoms with Gasteiger partial charge in [0.05, 0.1) is 19.3 Å². The normalized spacial score (nSPS) is 17.6. The molecule has 0 radical (unpaired) electrons. The number of halogens is 4. The van der Waals surface area contributed by atoms with E-state index >= 15 is 4.39 Å². The van der Waals surface area contributed by atoms with Crippen LogP contribution in [0.3, 0.4) is 0 Å². The van der Waals surface area contributed by atoms with Crippen LogP contribution >= 0.6 is 0 Å². The second-order valence-corrected chi connectivity index (χ2v) is 16.7. The first-order valence-electron chi connectivity index (χ1n) is 18.7. The van der Waals surface area contributed by atoms with Crippen LogP contribution in [0.4, 0.5) is 46.5 Å². The lowest BCUT2D eigenvalue weighted by Crippen LogP contribution is -2.52. The molecule has 0 saturated carbocycles. The number of fused-ring (bicyclic) bond motifs is 1. The van der Waals surface area contributed by atoms with Gasteiger partial charge in [0.1, 0.15) is 28.9 Å². The Morgan fingerprint density at radius 2 is 1.69 bits per heavy atom. The van der Waals surface area contributed by atoms with E-state index in [4.69, 9.17) is 0 Å². The van der Waals surface area contributed by atoms with E-state index in [2.05, 4.69) is 45.7 Å². The number of carbonyl (C=O) groups excluding carboxylic acids is 3. The highest BCUT2D eigenvalue weighted by atomic mass is 32.2. The number of piperidine rings is 2. The van der Waals surface area contributed by atoms with Crippen LogP contribution in [-0.2, 0) is 45.4 Å². The predicted octanol–water partition coefficient (Wildman–Crippen LogP) is 4.04. The minimum Gasteiger partial charge on any atom is -0.371 e. The van der Waals surface area contributed by atoms with E-state index in [1.165, 1.54) is 30.4 Å². The van der Waals surface area contributed by atoms with Crippen LogP contribution < -0.4 is 25.2 Å². The molecule has 7 rings (SSSR count). The Hall–Kier alpha value is -5.96. The third-order valence-electron chi connectivity index (χ3n) is 10.7. The lowest BCUT2D eigenvalue weighted by molar-refractivity contribution is -0.138. The third kappa shape index (κ3) is 9.04. The largest absolute Gasteiger partial charge is 0.421 e. The predicted molar refractivity (Wildman–Crippen MR) is 209 cm³/mol. The van der Waals surface area contributed by atoms with Gasteiger partial charge in [-0.25, -0.2) is 22.8 Å². The number of imide groups is 1. The topological polar surface area (TPSA) is 186 Å². The van der Waals surface area contributed by atoms with Gasteiger partial charge in [0.2, 0.25) is 27.8 Å². The number of nitrogens with one attached hydrogen (secondary N) is 3. The number of aromatic nitrogens is 4. The molecular formula is C38H41F4N11O5S. The van der Waals surface area contributed by atoms with Crippen molar-refractivity contribution in [1.82, 2.24) is 35.1 Å². The van der Waals surface area contributed by atoms with E-state index in [-0.39, 0.29) is 66.5 Å². The molecule has 2 aromatic carbocycles. The first-order valence-corrected chi connectivity index (χ1v) is 20.5. The number of amides is 3. The number of hydrogen-bond donors (Lipinski definition) is 3. The van der Waals surface area contributed by atoms with Gasteiger partial charge < -0.3 is 20.4 Å². The number of anilines is 5. The molecule has 3 aliphatic rings. The summed E-state index contributed by atoms with van der Waals surface area (Å²) >= 11 is 0. The molecule has 3 aliphatic heterocycles. The summed E-state index contributed by atoms with van der Waals surface area (Å²) in [7, 11) is -0.504. The molecule has 59 heavy (non-hydrogen) atoms. The lowest BCUT2D eigenvalue weighted by atomic mass is 10.0. The van der Waals surface area contributed by atoms with Crippen molar-refractivity contribution in [3.8, 4) is 0 Å². The Kier molecular flexibility index (Phi) is 11.4. The molecule has 0 spiro atoms. The van der Waals surface area contributed by atoms with Crippen LogP contribution in [0.1, 0.15) is 58.4 Å². The van der Waals surface area contributed by atoms with Crippen molar-refractivity contribution < 1.29 is 40.4 Å². The van der Waals surface area contributed by atoms with Crippen molar-refractivity contribution in [2.75, 3.05) is 53.3 Å². The van der Waals surface area contributed by atoms with Crippen molar-refractivity contribution in [2.24, 2.45) is 0 Å². The van der Waals surface area contributed by atoms with Gasteiger partial charge in [0.25, 0.3) is 5.91 Å². The number of hydrogen-bond acceptors (Lipinski definition) is 13. The molecule has 3 N–H and O–H groups in total. The fraction of sp³-hybridized carbons (Fsp3) is 0.395. The van der Waals surface area contributed by atoms with E-state index in [9.17, 15) is 36.0 Å². The molecule has 16 nitrogen and oxygen atoms in total. The summed E-state index contributed by atoms with van der Waals surface area (Å²) in [6.45, 7) is 1.52. The Balaban J connectivity index is 0.948. The maximum absolute atomic E-state index is 15.3. The van der Waals surface area contributed by atoms with Crippen LogP contribution in [0.5, 0.6) is 0 Å². The van der Waals surface area contributed by atoms with Gasteiger partial charge in [0, 0.05) is 80.2 Å². The molecule has 3 amide bonds. The van der Waals surface area contributed by atoms with Gasteiger partial charge in [-0.15, -0.1) is 0 Å². The highest BCUT2D eigenvalue weighted by Crippen LogP contribution is 2.35. The van der Waals surface area contributed by atoms with E-state index in [1.54, 1.807) is 18.2 Å². The number of benzene rings is 2. The number of carbonyl (C=O) groups is 3. The second kappa shape index (κ2) is 16.4. The zero-order chi connectivity index (χ0) is 42.2. The maximum Gasteiger partial charge on any atom is 0.421 e. The number of sulfonamides is 1. The van der Waals surface area contributed by atoms with E-state index < -0.39 is 51.3 Å². The molecule has 5 heterocycles. The van der Waals surface area contributed by atoms with Crippen LogP contribution in [0.2, 0.25) is 0 Å². The fourth-order valence-corrected chi connectivity index (χ4v) is 7.95. The molecular weight excluding hydrogens is 799 g/mol. The number of rotatable bonds is 12. The summed E-state index contributed by atoms with van der Waals surface area (Å²) in [5, 5.41) is 7.82. The van der Waals surface area contributed by atoms with Crippen molar-refractivity contribution >= 4 is 56.7 Å². The smallest absolute Gasteiger partial charge is 0.371 e. The first-order chi connectivity index (χ1) is 28.0. The molecule has 4 aromatic rings. The van der Waals surface area contributed by atoms with E-state index in [0.29, 0.717) is 24.0 Å². The SMILES string of the molecule is CN(Cc1cc(F)c2c(c1)C(=O)N(C1CCC(=O)NC1=O)C2)C1CCN(c2ccc(Nc3ncc(C(F)(F)F)c(NCc4nccnc4N(C)S(C)(=O)=O)n3)cc2)CC1. The van der Waals surface area contributed by atoms with Gasteiger partial charge in [-0.3, -0.25) is 33.9 Å². The van der Waals surface area contributed by atoms with Gasteiger partial charge >= 0.3 is 6.18 Å². The van der Waals surface area contributed by atoms with Gasteiger partial charge in [-0.2, -0.15) is 18.2 Å². The Morgan fingerprint density at radius 3 is 2.37 bits per heavy atom. The molecule has 1 atom stereocenters. The van der Waals surface area contributed by atoms with E-state index in [1.807, 2.05) is 19.2 Å². The van der Waals surface area contributed by atoms with Gasteiger partial charge in [-0.1, -0.05) is 0 Å². The van der Waals surface area contributed by atoms with Gasteiger partial charge in [0.15, 0.2) is 5.82 Å². The van der Waals surface area contributed by atoms with Crippen LogP contribution in [0, 0.1) is 5.82 Å². The van der Waals surface area contributed by atoms with Crippen molar-refractivity contribution in [2.45, 2.75) is 63.6 Å². The average molecular weight is 840 g/mol. The average Bonchev–Trinajstić information content (AvgIpc) is 3.52. The molecule has 312 valence electrons. The summed E-state index contributed by atoms with van der Waals surface area (Å²) in [5.74, 6) is -2.56. The molecule has 2 fully saturated rings. The summed E-state index contributed by atoms with van der Waals surface area (Å²) in [4.78, 5) is 59.1. The van der Waals surface area contributed by atoms with Crippen molar-refractivity contribution in [1.29, 1.82) is 0 Å². The second-order valence-electron chi connectivity index (χ2n) is 14.7. The Morgan fingerprint density at radius 1 is 0.983 bits per heavy atom. The summed E-state index contributed by atoms with van der Waals surface area (Å²) in [6, 6.07) is 9.78. The zero-order valence-electron chi connectivity index (χ0n) is 32.3. The minimum absolute atomic E-state index is 0.0264. The maximum atomic E-state index is 15.3. The molecule has 2 aromatic heterocycles. The van der Waals surface area contributed by atoms with Crippen LogP contribution in [0.15, 0.2) is 55.0 Å². The van der Waals surface area contributed by atoms with Crippen LogP contribution in [0.25, 0.3) is 0 Å². The molecule has 0 bridgehead atoms. The van der Waals surface area contributed by atoms with Crippen LogP contribution in [-0.4, -0.2) is 101 Å². The quantitative estimate of drug-likeness (QED) is 0.137. The summed E-state index contributed by atoms with van der Waals surface area (Å²) in [6.07, 6.45) is 1.34. The highest BCUT2D eigenvalue weighted by molar-refractivity contribution is 7.92. The van der Waals surface area contributed by atoms with E-state index in [0.717, 1.165) is 42.2 Å². The van der Waals surface area contributed by atoms with Gasteiger partial charge in [-0.05, 0) is 68.3 Å². The summed E-state index contributed by atoms with van der Waals surface area (Å²) in [5.41, 5.74) is 1.56. The monoisotopic (exact) mass is 839 g/mol. The molecule has 1 unspecified atom stereocenters. The number of alkyl halides is 3.